The Morgan fingerprint density at radius 2 is 2.55 bits per heavy atom. The van der Waals surface area contributed by atoms with Crippen LogP contribution in [0.15, 0.2) is 24.0 Å². The molecule has 1 atom stereocenters. The van der Waals surface area contributed by atoms with Crippen molar-refractivity contribution in [3.63, 3.8) is 0 Å². The van der Waals surface area contributed by atoms with Gasteiger partial charge in [0, 0.05) is 0 Å². The summed E-state index contributed by atoms with van der Waals surface area (Å²) in [5.41, 5.74) is 0.741. The van der Waals surface area contributed by atoms with E-state index in [0.717, 1.165) is 24.7 Å². The van der Waals surface area contributed by atoms with Gasteiger partial charge >= 0.3 is 0 Å². The van der Waals surface area contributed by atoms with Gasteiger partial charge < -0.3 is 4.74 Å². The molecule has 0 saturated heterocycles. The summed E-state index contributed by atoms with van der Waals surface area (Å²) >= 11 is 0. The molecule has 2 nitrogen and oxygen atoms in total. The fraction of sp³-hybridized carbons (Fsp3) is 0.444. The second-order valence-corrected chi connectivity index (χ2v) is 2.65. The minimum Gasteiger partial charge on any atom is -0.494 e. The maximum atomic E-state index is 10.2. The molecule has 0 spiro atoms. The van der Waals surface area contributed by atoms with E-state index < -0.39 is 0 Å². The van der Waals surface area contributed by atoms with Crippen LogP contribution in [0.5, 0.6) is 0 Å². The van der Waals surface area contributed by atoms with Gasteiger partial charge in [-0.15, -0.1) is 0 Å². The molecule has 1 aliphatic heterocycles. The second-order valence-electron chi connectivity index (χ2n) is 2.65. The van der Waals surface area contributed by atoms with Gasteiger partial charge in [-0.05, 0) is 37.5 Å². The van der Waals surface area contributed by atoms with Crippen LogP contribution >= 0.6 is 0 Å². The van der Waals surface area contributed by atoms with Crippen molar-refractivity contribution in [3.05, 3.63) is 24.0 Å². The van der Waals surface area contributed by atoms with E-state index in [0.29, 0.717) is 0 Å². The SMILES string of the molecule is C/C(C=O)=C/C1CCC=CO1. The fourth-order valence-electron chi connectivity index (χ4n) is 1.01. The molecule has 2 heteroatoms. The van der Waals surface area contributed by atoms with Gasteiger partial charge in [0.05, 0.1) is 6.26 Å². The Morgan fingerprint density at radius 1 is 1.73 bits per heavy atom. The molecule has 1 aliphatic rings. The van der Waals surface area contributed by atoms with Crippen molar-refractivity contribution in [2.24, 2.45) is 0 Å². The van der Waals surface area contributed by atoms with Gasteiger partial charge in [0.25, 0.3) is 0 Å². The van der Waals surface area contributed by atoms with Gasteiger partial charge in [-0.2, -0.15) is 0 Å². The van der Waals surface area contributed by atoms with Crippen molar-refractivity contribution in [3.8, 4) is 0 Å². The Kier molecular flexibility index (Phi) is 2.90. The van der Waals surface area contributed by atoms with Gasteiger partial charge in [-0.1, -0.05) is 0 Å². The van der Waals surface area contributed by atoms with E-state index in [-0.39, 0.29) is 6.10 Å². The summed E-state index contributed by atoms with van der Waals surface area (Å²) in [4.78, 5) is 10.2. The van der Waals surface area contributed by atoms with Crippen LogP contribution in [0, 0.1) is 0 Å². The zero-order valence-electron chi connectivity index (χ0n) is 6.62. The van der Waals surface area contributed by atoms with Gasteiger partial charge in [-0.25, -0.2) is 0 Å². The molecule has 0 aromatic rings. The van der Waals surface area contributed by atoms with Crippen LogP contribution in [0.1, 0.15) is 19.8 Å². The monoisotopic (exact) mass is 152 g/mol. The van der Waals surface area contributed by atoms with Crippen LogP contribution in [0.25, 0.3) is 0 Å². The van der Waals surface area contributed by atoms with Crippen LogP contribution in [0.4, 0.5) is 0 Å². The third-order valence-electron chi connectivity index (χ3n) is 1.60. The Labute approximate surface area is 66.5 Å². The Hall–Kier alpha value is -1.05. The standard InChI is InChI=1S/C9H12O2/c1-8(7-10)6-9-4-2-3-5-11-9/h3,5-7,9H,2,4H2,1H3/b8-6-. The average molecular weight is 152 g/mol. The van der Waals surface area contributed by atoms with E-state index in [2.05, 4.69) is 0 Å². The molecule has 0 saturated carbocycles. The molecule has 0 aromatic carbocycles. The quantitative estimate of drug-likeness (QED) is 0.445. The number of hydrogen-bond donors (Lipinski definition) is 0. The smallest absolute Gasteiger partial charge is 0.145 e. The summed E-state index contributed by atoms with van der Waals surface area (Å²) in [6.45, 7) is 1.79. The molecule has 0 amide bonds. The number of ether oxygens (including phenoxy) is 1. The minimum atomic E-state index is 0.102. The fourth-order valence-corrected chi connectivity index (χ4v) is 1.01. The second kappa shape index (κ2) is 3.96. The first-order valence-corrected chi connectivity index (χ1v) is 3.77. The maximum absolute atomic E-state index is 10.2. The van der Waals surface area contributed by atoms with Crippen molar-refractivity contribution in [1.82, 2.24) is 0 Å². The lowest BCUT2D eigenvalue weighted by Crippen LogP contribution is -2.09. The lowest BCUT2D eigenvalue weighted by molar-refractivity contribution is -0.104. The van der Waals surface area contributed by atoms with Gasteiger partial charge in [0.1, 0.15) is 12.4 Å². The molecular weight excluding hydrogens is 140 g/mol. The van der Waals surface area contributed by atoms with Crippen LogP contribution < -0.4 is 0 Å². The topological polar surface area (TPSA) is 26.3 Å². The predicted octanol–water partition coefficient (Wildman–Crippen LogP) is 1.82. The largest absolute Gasteiger partial charge is 0.494 e. The van der Waals surface area contributed by atoms with Crippen molar-refractivity contribution in [2.75, 3.05) is 0 Å². The zero-order valence-corrected chi connectivity index (χ0v) is 6.62. The van der Waals surface area contributed by atoms with Gasteiger partial charge in [-0.3, -0.25) is 4.79 Å². The molecule has 60 valence electrons. The molecular formula is C9H12O2. The van der Waals surface area contributed by atoms with Crippen LogP contribution in [-0.4, -0.2) is 12.4 Å². The van der Waals surface area contributed by atoms with Crippen molar-refractivity contribution in [1.29, 1.82) is 0 Å². The van der Waals surface area contributed by atoms with E-state index >= 15 is 0 Å². The van der Waals surface area contributed by atoms with E-state index in [9.17, 15) is 4.79 Å². The third-order valence-corrected chi connectivity index (χ3v) is 1.60. The number of hydrogen-bond acceptors (Lipinski definition) is 2. The summed E-state index contributed by atoms with van der Waals surface area (Å²) < 4.78 is 5.23. The van der Waals surface area contributed by atoms with Crippen molar-refractivity contribution in [2.45, 2.75) is 25.9 Å². The maximum Gasteiger partial charge on any atom is 0.145 e. The number of allylic oxidation sites excluding steroid dienone is 2. The molecule has 0 aromatic heterocycles. The summed E-state index contributed by atoms with van der Waals surface area (Å²) in [7, 11) is 0. The summed E-state index contributed by atoms with van der Waals surface area (Å²) in [6, 6.07) is 0. The van der Waals surface area contributed by atoms with E-state index in [1.54, 1.807) is 13.2 Å². The molecule has 1 unspecified atom stereocenters. The first-order chi connectivity index (χ1) is 5.33. The van der Waals surface area contributed by atoms with Crippen molar-refractivity contribution < 1.29 is 9.53 Å². The molecule has 0 fully saturated rings. The highest BCUT2D eigenvalue weighted by atomic mass is 16.5. The summed E-state index contributed by atoms with van der Waals surface area (Å²) in [6.07, 6.45) is 8.50. The number of rotatable bonds is 2. The Bertz CT molecular complexity index is 192. The zero-order chi connectivity index (χ0) is 8.10. The highest BCUT2D eigenvalue weighted by Gasteiger charge is 2.06. The molecule has 0 aliphatic carbocycles. The van der Waals surface area contributed by atoms with Crippen LogP contribution in [-0.2, 0) is 9.53 Å². The predicted molar refractivity (Wildman–Crippen MR) is 43.1 cm³/mol. The highest BCUT2D eigenvalue weighted by molar-refractivity contribution is 5.72. The van der Waals surface area contributed by atoms with E-state index in [4.69, 9.17) is 4.74 Å². The summed E-state index contributed by atoms with van der Waals surface area (Å²) in [5, 5.41) is 0. The lowest BCUT2D eigenvalue weighted by atomic mass is 10.1. The molecule has 11 heavy (non-hydrogen) atoms. The van der Waals surface area contributed by atoms with Gasteiger partial charge in [0.2, 0.25) is 0 Å². The van der Waals surface area contributed by atoms with E-state index in [1.165, 1.54) is 0 Å². The summed E-state index contributed by atoms with van der Waals surface area (Å²) in [5.74, 6) is 0. The molecule has 1 rings (SSSR count). The molecule has 0 radical (unpaired) electrons. The number of aldehydes is 1. The average Bonchev–Trinajstić information content (AvgIpc) is 2.06. The van der Waals surface area contributed by atoms with Crippen LogP contribution in [0.3, 0.4) is 0 Å². The number of carbonyl (C=O) groups excluding carboxylic acids is 1. The van der Waals surface area contributed by atoms with E-state index in [1.807, 2.05) is 12.2 Å². The lowest BCUT2D eigenvalue weighted by Gasteiger charge is -2.15. The Balaban J connectivity index is 2.48. The van der Waals surface area contributed by atoms with Crippen molar-refractivity contribution >= 4 is 6.29 Å². The first kappa shape index (κ1) is 8.05. The first-order valence-electron chi connectivity index (χ1n) is 3.77. The highest BCUT2D eigenvalue weighted by Crippen LogP contribution is 2.12. The Morgan fingerprint density at radius 3 is 3.09 bits per heavy atom. The van der Waals surface area contributed by atoms with Crippen LogP contribution in [0.2, 0.25) is 0 Å². The minimum absolute atomic E-state index is 0.102. The third kappa shape index (κ3) is 2.58. The molecule has 1 heterocycles. The molecule has 0 bridgehead atoms. The normalized spacial score (nSPS) is 24.5. The number of carbonyl (C=O) groups is 1. The van der Waals surface area contributed by atoms with Gasteiger partial charge in [0.15, 0.2) is 0 Å². The molecule has 0 N–H and O–H groups in total.